The monoisotopic (exact) mass is 278 g/mol. The van der Waals surface area contributed by atoms with E-state index < -0.39 is 0 Å². The summed E-state index contributed by atoms with van der Waals surface area (Å²) in [7, 11) is 0. The predicted molar refractivity (Wildman–Crippen MR) is 74.1 cm³/mol. The van der Waals surface area contributed by atoms with E-state index in [0.29, 0.717) is 5.69 Å². The van der Waals surface area contributed by atoms with Crippen LogP contribution in [0, 0.1) is 13.8 Å². The van der Waals surface area contributed by atoms with E-state index in [2.05, 4.69) is 5.32 Å². The van der Waals surface area contributed by atoms with Crippen LogP contribution in [0.25, 0.3) is 0 Å². The molecule has 3 amide bonds. The molecule has 0 unspecified atom stereocenters. The number of benzene rings is 1. The predicted octanol–water partition coefficient (Wildman–Crippen LogP) is 1.94. The van der Waals surface area contributed by atoms with E-state index in [0.717, 1.165) is 27.8 Å². The number of carbonyl (C=O) groups is 3. The zero-order chi connectivity index (χ0) is 14.0. The van der Waals surface area contributed by atoms with Crippen LogP contribution in [0.3, 0.4) is 0 Å². The van der Waals surface area contributed by atoms with Crippen molar-refractivity contribution in [1.82, 2.24) is 4.90 Å². The third-order valence-electron chi connectivity index (χ3n) is 2.93. The largest absolute Gasteiger partial charge is 0.325 e. The van der Waals surface area contributed by atoms with E-state index >= 15 is 0 Å². The Hall–Kier alpha value is -1.82. The highest BCUT2D eigenvalue weighted by molar-refractivity contribution is 8.14. The van der Waals surface area contributed by atoms with Crippen molar-refractivity contribution in [3.8, 4) is 0 Å². The van der Waals surface area contributed by atoms with Crippen molar-refractivity contribution >= 4 is 34.5 Å². The van der Waals surface area contributed by atoms with Crippen LogP contribution in [0.2, 0.25) is 0 Å². The third-order valence-corrected chi connectivity index (χ3v) is 3.79. The summed E-state index contributed by atoms with van der Waals surface area (Å²) in [5, 5.41) is 2.32. The molecule has 1 heterocycles. The van der Waals surface area contributed by atoms with Crippen LogP contribution < -0.4 is 5.32 Å². The molecule has 19 heavy (non-hydrogen) atoms. The molecule has 1 aliphatic rings. The van der Waals surface area contributed by atoms with E-state index in [1.807, 2.05) is 26.0 Å². The highest BCUT2D eigenvalue weighted by Crippen LogP contribution is 2.19. The second-order valence-corrected chi connectivity index (χ2v) is 5.31. The van der Waals surface area contributed by atoms with Gasteiger partial charge >= 0.3 is 0 Å². The number of rotatable bonds is 3. The Morgan fingerprint density at radius 3 is 2.63 bits per heavy atom. The van der Waals surface area contributed by atoms with Gasteiger partial charge in [-0.2, -0.15) is 0 Å². The Morgan fingerprint density at radius 2 is 2.05 bits per heavy atom. The topological polar surface area (TPSA) is 66.5 Å². The van der Waals surface area contributed by atoms with Gasteiger partial charge in [-0.05, 0) is 37.1 Å². The second kappa shape index (κ2) is 5.44. The lowest BCUT2D eigenvalue weighted by Gasteiger charge is -2.13. The molecule has 1 aromatic carbocycles. The number of hydrogen-bond donors (Lipinski definition) is 1. The number of anilines is 1. The number of imide groups is 1. The maximum absolute atomic E-state index is 11.8. The zero-order valence-corrected chi connectivity index (χ0v) is 11.5. The molecule has 0 aliphatic carbocycles. The van der Waals surface area contributed by atoms with E-state index in [1.54, 1.807) is 6.07 Å². The van der Waals surface area contributed by atoms with Crippen molar-refractivity contribution in [3.05, 3.63) is 29.3 Å². The molecular formula is C13H14N2O3S. The molecule has 100 valence electrons. The number of amides is 3. The first kappa shape index (κ1) is 13.6. The van der Waals surface area contributed by atoms with Gasteiger partial charge in [-0.15, -0.1) is 0 Å². The van der Waals surface area contributed by atoms with Crippen molar-refractivity contribution in [2.75, 3.05) is 17.6 Å². The van der Waals surface area contributed by atoms with Gasteiger partial charge in [0.25, 0.3) is 5.24 Å². The first-order valence-corrected chi connectivity index (χ1v) is 6.80. The molecule has 0 atom stereocenters. The number of aryl methyl sites for hydroxylation is 2. The molecule has 6 heteroatoms. The first-order chi connectivity index (χ1) is 8.97. The number of thioether (sulfide) groups is 1. The van der Waals surface area contributed by atoms with E-state index in [4.69, 9.17) is 0 Å². The minimum Gasteiger partial charge on any atom is -0.325 e. The van der Waals surface area contributed by atoms with Gasteiger partial charge in [-0.1, -0.05) is 17.8 Å². The molecule has 5 nitrogen and oxygen atoms in total. The lowest BCUT2D eigenvalue weighted by atomic mass is 10.1. The fourth-order valence-corrected chi connectivity index (χ4v) is 2.42. The van der Waals surface area contributed by atoms with Crippen molar-refractivity contribution in [2.45, 2.75) is 13.8 Å². The van der Waals surface area contributed by atoms with Gasteiger partial charge in [-0.25, -0.2) is 0 Å². The Kier molecular flexibility index (Phi) is 3.90. The summed E-state index contributed by atoms with van der Waals surface area (Å²) in [4.78, 5) is 35.5. The van der Waals surface area contributed by atoms with Crippen molar-refractivity contribution < 1.29 is 14.4 Å². The summed E-state index contributed by atoms with van der Waals surface area (Å²) in [6.45, 7) is 3.71. The average Bonchev–Trinajstić information content (AvgIpc) is 2.66. The summed E-state index contributed by atoms with van der Waals surface area (Å²) in [5.41, 5.74) is 2.88. The quantitative estimate of drug-likeness (QED) is 0.917. The standard InChI is InChI=1S/C13H14N2O3S/c1-8-3-4-10(5-9(8)2)14-11(16)6-15-12(17)7-19-13(15)18/h3-5H,6-7H2,1-2H3,(H,14,16). The van der Waals surface area contributed by atoms with Crippen molar-refractivity contribution in [1.29, 1.82) is 0 Å². The van der Waals surface area contributed by atoms with Crippen LogP contribution in [0.4, 0.5) is 10.5 Å². The first-order valence-electron chi connectivity index (χ1n) is 5.81. The van der Waals surface area contributed by atoms with Crippen LogP contribution in [0.1, 0.15) is 11.1 Å². The molecule has 1 fully saturated rings. The Morgan fingerprint density at radius 1 is 1.32 bits per heavy atom. The van der Waals surface area contributed by atoms with Gasteiger partial charge in [-0.3, -0.25) is 19.3 Å². The lowest BCUT2D eigenvalue weighted by molar-refractivity contribution is -0.128. The Balaban J connectivity index is 1.99. The van der Waals surface area contributed by atoms with Gasteiger partial charge < -0.3 is 5.32 Å². The number of nitrogens with one attached hydrogen (secondary N) is 1. The second-order valence-electron chi connectivity index (χ2n) is 4.38. The van der Waals surface area contributed by atoms with Gasteiger partial charge in [0.1, 0.15) is 6.54 Å². The fourth-order valence-electron chi connectivity index (χ4n) is 1.70. The van der Waals surface area contributed by atoms with E-state index in [9.17, 15) is 14.4 Å². The molecule has 0 radical (unpaired) electrons. The molecule has 0 saturated carbocycles. The summed E-state index contributed by atoms with van der Waals surface area (Å²) in [6.07, 6.45) is 0. The summed E-state index contributed by atoms with van der Waals surface area (Å²) >= 11 is 0.924. The van der Waals surface area contributed by atoms with Crippen molar-refractivity contribution in [3.63, 3.8) is 0 Å². The summed E-state index contributed by atoms with van der Waals surface area (Å²) < 4.78 is 0. The third kappa shape index (κ3) is 3.14. The molecule has 0 aromatic heterocycles. The van der Waals surface area contributed by atoms with Crippen LogP contribution in [-0.2, 0) is 9.59 Å². The van der Waals surface area contributed by atoms with Crippen LogP contribution >= 0.6 is 11.8 Å². The van der Waals surface area contributed by atoms with Crippen molar-refractivity contribution in [2.24, 2.45) is 0 Å². The molecule has 1 N–H and O–H groups in total. The molecule has 1 saturated heterocycles. The van der Waals surface area contributed by atoms with Gasteiger partial charge in [0.15, 0.2) is 0 Å². The smallest absolute Gasteiger partial charge is 0.289 e. The SMILES string of the molecule is Cc1ccc(NC(=O)CN2C(=O)CSC2=O)cc1C. The highest BCUT2D eigenvalue weighted by Gasteiger charge is 2.31. The Bertz CT molecular complexity index is 541. The van der Waals surface area contributed by atoms with Gasteiger partial charge in [0.2, 0.25) is 11.8 Å². The molecule has 2 rings (SSSR count). The number of carbonyl (C=O) groups excluding carboxylic acids is 3. The van der Waals surface area contributed by atoms with Crippen LogP contribution in [-0.4, -0.2) is 34.3 Å². The summed E-state index contributed by atoms with van der Waals surface area (Å²) in [6, 6.07) is 5.56. The number of hydrogen-bond acceptors (Lipinski definition) is 4. The normalized spacial score (nSPS) is 14.9. The van der Waals surface area contributed by atoms with Crippen LogP contribution in [0.15, 0.2) is 18.2 Å². The maximum atomic E-state index is 11.8. The molecule has 1 aromatic rings. The zero-order valence-electron chi connectivity index (χ0n) is 10.7. The minimum atomic E-state index is -0.368. The van der Waals surface area contributed by atoms with E-state index in [1.165, 1.54) is 0 Å². The highest BCUT2D eigenvalue weighted by atomic mass is 32.2. The van der Waals surface area contributed by atoms with Gasteiger partial charge in [0.05, 0.1) is 5.75 Å². The lowest BCUT2D eigenvalue weighted by Crippen LogP contribution is -2.36. The fraction of sp³-hybridized carbons (Fsp3) is 0.308. The molecule has 0 spiro atoms. The molecule has 0 bridgehead atoms. The summed E-state index contributed by atoms with van der Waals surface area (Å²) in [5.74, 6) is -0.562. The van der Waals surface area contributed by atoms with Crippen LogP contribution in [0.5, 0.6) is 0 Å². The molecular weight excluding hydrogens is 264 g/mol. The molecule has 1 aliphatic heterocycles. The number of nitrogens with zero attached hydrogens (tertiary/aromatic N) is 1. The van der Waals surface area contributed by atoms with Gasteiger partial charge in [0, 0.05) is 5.69 Å². The minimum absolute atomic E-state index is 0.121. The maximum Gasteiger partial charge on any atom is 0.289 e. The van der Waals surface area contributed by atoms with E-state index in [-0.39, 0.29) is 29.4 Å². The Labute approximate surface area is 115 Å². The average molecular weight is 278 g/mol.